The number of hydrogen-bond donors (Lipinski definition) is 2. The maximum Gasteiger partial charge on any atom is 0.374 e. The van der Waals surface area contributed by atoms with Gasteiger partial charge in [-0.2, -0.15) is 21.4 Å². The van der Waals surface area contributed by atoms with Crippen LogP contribution in [0.25, 0.3) is 17.2 Å². The summed E-state index contributed by atoms with van der Waals surface area (Å²) in [5.41, 5.74) is 1.92. The van der Waals surface area contributed by atoms with E-state index in [9.17, 15) is 21.4 Å². The van der Waals surface area contributed by atoms with Crippen LogP contribution >= 0.6 is 23.2 Å². The Hall–Kier alpha value is -2.71. The molecule has 41 heavy (non-hydrogen) atoms. The molecule has 1 aromatic heterocycles. The van der Waals surface area contributed by atoms with E-state index in [0.717, 1.165) is 5.52 Å². The number of ether oxygens (including phenoxy) is 1. The Labute approximate surface area is 247 Å². The van der Waals surface area contributed by atoms with Crippen LogP contribution in [0.2, 0.25) is 10.0 Å². The number of benzene rings is 2. The van der Waals surface area contributed by atoms with Crippen LogP contribution in [0, 0.1) is 0 Å². The third kappa shape index (κ3) is 6.24. The SMILES string of the molecule is O=S(=O)(O)CCCC[n+]1c(C=CC=CC=C2Oc3ccc(Cl)cc3[N+]23CCCC3S(=O)(=O)O)oc2ccc(Cl)cc21. The van der Waals surface area contributed by atoms with Crippen LogP contribution in [0.4, 0.5) is 5.69 Å². The van der Waals surface area contributed by atoms with E-state index >= 15 is 0 Å². The highest BCUT2D eigenvalue weighted by molar-refractivity contribution is 7.86. The van der Waals surface area contributed by atoms with E-state index in [1.165, 1.54) is 0 Å². The van der Waals surface area contributed by atoms with Crippen LogP contribution < -0.4 is 13.8 Å². The Balaban J connectivity index is 1.41. The molecule has 0 aliphatic carbocycles. The Kier molecular flexibility index (Phi) is 8.37. The third-order valence-electron chi connectivity index (χ3n) is 7.18. The fourth-order valence-electron chi connectivity index (χ4n) is 5.48. The van der Waals surface area contributed by atoms with Gasteiger partial charge in [0.15, 0.2) is 18.0 Å². The molecule has 2 unspecified atom stereocenters. The summed E-state index contributed by atoms with van der Waals surface area (Å²) in [5.74, 6) is 1.01. The lowest BCUT2D eigenvalue weighted by Crippen LogP contribution is -2.53. The second kappa shape index (κ2) is 11.5. The summed E-state index contributed by atoms with van der Waals surface area (Å²) in [7, 11) is -8.43. The van der Waals surface area contributed by atoms with Crippen molar-refractivity contribution in [2.45, 2.75) is 37.6 Å². The molecule has 0 radical (unpaired) electrons. The predicted molar refractivity (Wildman–Crippen MR) is 157 cm³/mol. The minimum absolute atomic E-state index is 0.170. The average molecular weight is 644 g/mol. The molecule has 0 amide bonds. The first kappa shape index (κ1) is 29.8. The highest BCUT2D eigenvalue weighted by Crippen LogP contribution is 2.52. The molecular weight excluding hydrogens is 615 g/mol. The van der Waals surface area contributed by atoms with Gasteiger partial charge in [0.05, 0.1) is 18.4 Å². The van der Waals surface area contributed by atoms with Gasteiger partial charge in [0.1, 0.15) is 0 Å². The minimum Gasteiger partial charge on any atom is -0.406 e. The Morgan fingerprint density at radius 3 is 2.51 bits per heavy atom. The molecule has 1 spiro atoms. The number of halogens is 2. The third-order valence-corrected chi connectivity index (χ3v) is 9.74. The van der Waals surface area contributed by atoms with E-state index in [-0.39, 0.29) is 23.1 Å². The Morgan fingerprint density at radius 2 is 1.76 bits per heavy atom. The first-order chi connectivity index (χ1) is 19.4. The monoisotopic (exact) mass is 642 g/mol. The maximum absolute atomic E-state index is 12.4. The summed E-state index contributed by atoms with van der Waals surface area (Å²) in [6.45, 7) is 0.856. The highest BCUT2D eigenvalue weighted by Gasteiger charge is 2.59. The first-order valence-electron chi connectivity index (χ1n) is 12.8. The number of aryl methyl sites for hydroxylation is 1. The second-order valence-electron chi connectivity index (χ2n) is 9.86. The first-order valence-corrected chi connectivity index (χ1v) is 16.7. The van der Waals surface area contributed by atoms with Crippen molar-refractivity contribution in [3.05, 3.63) is 82.5 Å². The van der Waals surface area contributed by atoms with E-state index in [1.54, 1.807) is 66.8 Å². The molecule has 1 saturated heterocycles. The summed E-state index contributed by atoms with van der Waals surface area (Å²) in [4.78, 5) is 0. The minimum atomic E-state index is -4.39. The van der Waals surface area contributed by atoms with Gasteiger partial charge in [-0.3, -0.25) is 9.11 Å². The zero-order chi connectivity index (χ0) is 29.4. The van der Waals surface area contributed by atoms with Gasteiger partial charge in [-0.15, -0.1) is 0 Å². The molecule has 2 atom stereocenters. The summed E-state index contributed by atoms with van der Waals surface area (Å²) in [6.07, 6.45) is 10.2. The lowest BCUT2D eigenvalue weighted by molar-refractivity contribution is -0.678. The van der Waals surface area contributed by atoms with E-state index in [0.29, 0.717) is 64.8 Å². The summed E-state index contributed by atoms with van der Waals surface area (Å²) < 4.78 is 79.7. The largest absolute Gasteiger partial charge is 0.406 e. The number of allylic oxidation sites excluding steroid dienone is 4. The number of aromatic nitrogens is 1. The molecular formula is C27H28Cl2N2O8S2+2. The van der Waals surface area contributed by atoms with Crippen molar-refractivity contribution >= 4 is 66.3 Å². The van der Waals surface area contributed by atoms with Gasteiger partial charge in [0.2, 0.25) is 11.0 Å². The molecule has 2 aromatic carbocycles. The van der Waals surface area contributed by atoms with Crippen molar-refractivity contribution in [3.63, 3.8) is 0 Å². The number of nitrogens with zero attached hydrogens (tertiary/aromatic N) is 2. The van der Waals surface area contributed by atoms with Gasteiger partial charge in [-0.25, -0.2) is 4.48 Å². The summed E-state index contributed by atoms with van der Waals surface area (Å²) in [5, 5.41) is -0.156. The van der Waals surface area contributed by atoms with Crippen LogP contribution in [-0.4, -0.2) is 43.6 Å². The smallest absolute Gasteiger partial charge is 0.374 e. The van der Waals surface area contributed by atoms with Crippen LogP contribution in [0.15, 0.2) is 71.0 Å². The van der Waals surface area contributed by atoms with Crippen molar-refractivity contribution in [2.24, 2.45) is 0 Å². The van der Waals surface area contributed by atoms with Crippen molar-refractivity contribution < 1.29 is 39.7 Å². The molecule has 3 aromatic rings. The normalized spacial score (nSPS) is 22.0. The zero-order valence-corrected chi connectivity index (χ0v) is 24.8. The number of rotatable bonds is 9. The number of unbranched alkanes of at least 4 members (excludes halogenated alkanes) is 1. The van der Waals surface area contributed by atoms with Gasteiger partial charge in [-0.1, -0.05) is 41.4 Å². The lowest BCUT2D eigenvalue weighted by atomic mass is 10.2. The van der Waals surface area contributed by atoms with Crippen molar-refractivity contribution in [3.8, 4) is 5.75 Å². The Morgan fingerprint density at radius 1 is 1.00 bits per heavy atom. The van der Waals surface area contributed by atoms with Gasteiger partial charge >= 0.3 is 21.9 Å². The number of fused-ring (bicyclic) bond motifs is 3. The molecule has 2 aliphatic heterocycles. The van der Waals surface area contributed by atoms with Crippen molar-refractivity contribution in [2.75, 3.05) is 12.3 Å². The molecule has 2 N–H and O–H groups in total. The molecule has 218 valence electrons. The van der Waals surface area contributed by atoms with Crippen LogP contribution in [0.1, 0.15) is 31.6 Å². The zero-order valence-electron chi connectivity index (χ0n) is 21.7. The number of quaternary nitrogens is 1. The van der Waals surface area contributed by atoms with Crippen molar-refractivity contribution in [1.82, 2.24) is 4.48 Å². The van der Waals surface area contributed by atoms with Gasteiger partial charge in [0, 0.05) is 47.5 Å². The van der Waals surface area contributed by atoms with Crippen LogP contribution in [0.3, 0.4) is 0 Å². The molecule has 0 bridgehead atoms. The maximum atomic E-state index is 12.4. The molecule has 3 heterocycles. The van der Waals surface area contributed by atoms with Gasteiger partial charge < -0.3 is 9.15 Å². The van der Waals surface area contributed by atoms with E-state index < -0.39 is 25.6 Å². The molecule has 5 rings (SSSR count). The highest BCUT2D eigenvalue weighted by atomic mass is 35.5. The van der Waals surface area contributed by atoms with Gasteiger partial charge in [-0.05, 0) is 30.7 Å². The van der Waals surface area contributed by atoms with Gasteiger partial charge in [0.25, 0.3) is 15.6 Å². The molecule has 2 aliphatic rings. The molecule has 14 heteroatoms. The average Bonchev–Trinajstić information content (AvgIpc) is 3.56. The number of hydrogen-bond acceptors (Lipinski definition) is 6. The topological polar surface area (TPSA) is 135 Å². The van der Waals surface area contributed by atoms with E-state index in [2.05, 4.69) is 0 Å². The summed E-state index contributed by atoms with van der Waals surface area (Å²) in [6, 6.07) is 10.2. The fourth-order valence-corrected chi connectivity index (χ4v) is 7.62. The molecule has 0 saturated carbocycles. The second-order valence-corrected chi connectivity index (χ2v) is 13.9. The van der Waals surface area contributed by atoms with Crippen LogP contribution in [-0.2, 0) is 26.8 Å². The summed E-state index contributed by atoms with van der Waals surface area (Å²) >= 11 is 12.4. The van der Waals surface area contributed by atoms with E-state index in [1.807, 2.05) is 4.57 Å². The Bertz CT molecular complexity index is 1800. The lowest BCUT2D eigenvalue weighted by Gasteiger charge is -2.31. The van der Waals surface area contributed by atoms with E-state index in [4.69, 9.17) is 36.9 Å². The molecule has 10 nitrogen and oxygen atoms in total. The van der Waals surface area contributed by atoms with Crippen molar-refractivity contribution in [1.29, 1.82) is 0 Å². The van der Waals surface area contributed by atoms with Crippen LogP contribution in [0.5, 0.6) is 5.75 Å². The molecule has 1 fully saturated rings. The predicted octanol–water partition coefficient (Wildman–Crippen LogP) is 5.51. The number of oxazole rings is 1. The fraction of sp³-hybridized carbons (Fsp3) is 0.296. The standard InChI is InChI=1S/C27H26Cl2N2O8S2/c28-19-10-12-23-21(17-19)30(14-4-5-16-40(32,33)34)25(38-23)7-2-1-3-8-26-31(15-6-9-27(31)41(35,36)37)22-18-20(29)11-13-24(22)39-26/h1-3,7-8,10-13,17-18,27H,4-6,9,14-16H2/p+2. The quantitative estimate of drug-likeness (QED) is 0.102.